The fraction of sp³-hybridized carbons (Fsp3) is 0.214. The van der Waals surface area contributed by atoms with Gasteiger partial charge in [-0.3, -0.25) is 4.79 Å². The van der Waals surface area contributed by atoms with Crippen LogP contribution in [-0.2, 0) is 4.79 Å². The number of carbonyl (C=O) groups excluding carboxylic acids is 1. The molecular weight excluding hydrogens is 220 g/mol. The van der Waals surface area contributed by atoms with Crippen LogP contribution in [0.4, 0.5) is 0 Å². The first-order valence-corrected chi connectivity index (χ1v) is 5.80. The molecule has 2 rings (SSSR count). The van der Waals surface area contributed by atoms with Gasteiger partial charge in [-0.1, -0.05) is 42.0 Å². The standard InChI is InChI=1S/C14H13ClO/c15-13-9-6-11(7-10-13)5-8-12-3-1-2-4-14(12)16/h3,5-10H,1-2,4H2/b8-5+. The SMILES string of the molecule is O=C1CCCC=C1/C=C/c1ccc(Cl)cc1. The third-order valence-corrected chi connectivity index (χ3v) is 2.87. The summed E-state index contributed by atoms with van der Waals surface area (Å²) in [5.74, 6) is 0.247. The van der Waals surface area contributed by atoms with E-state index in [1.807, 2.05) is 42.5 Å². The maximum Gasteiger partial charge on any atom is 0.162 e. The van der Waals surface area contributed by atoms with Crippen LogP contribution >= 0.6 is 11.6 Å². The lowest BCUT2D eigenvalue weighted by molar-refractivity contribution is -0.115. The molecule has 0 amide bonds. The zero-order valence-corrected chi connectivity index (χ0v) is 9.70. The molecule has 0 saturated heterocycles. The van der Waals surface area contributed by atoms with Crippen molar-refractivity contribution in [1.82, 2.24) is 0 Å². The molecule has 0 aliphatic heterocycles. The molecule has 1 aromatic carbocycles. The summed E-state index contributed by atoms with van der Waals surface area (Å²) in [6.45, 7) is 0. The number of hydrogen-bond donors (Lipinski definition) is 0. The number of ketones is 1. The monoisotopic (exact) mass is 232 g/mol. The summed E-state index contributed by atoms with van der Waals surface area (Å²) >= 11 is 5.79. The lowest BCUT2D eigenvalue weighted by Gasteiger charge is -2.07. The number of carbonyl (C=O) groups is 1. The van der Waals surface area contributed by atoms with E-state index in [1.165, 1.54) is 0 Å². The average Bonchev–Trinajstić information content (AvgIpc) is 2.30. The fourth-order valence-corrected chi connectivity index (χ4v) is 1.83. The Bertz CT molecular complexity index is 440. The molecule has 82 valence electrons. The number of benzene rings is 1. The van der Waals surface area contributed by atoms with Crippen molar-refractivity contribution < 1.29 is 4.79 Å². The van der Waals surface area contributed by atoms with Crippen LogP contribution in [0.15, 0.2) is 42.0 Å². The molecule has 0 bridgehead atoms. The first-order valence-electron chi connectivity index (χ1n) is 5.43. The Balaban J connectivity index is 2.11. The van der Waals surface area contributed by atoms with Gasteiger partial charge in [-0.05, 0) is 30.5 Å². The van der Waals surface area contributed by atoms with E-state index < -0.39 is 0 Å². The second kappa shape index (κ2) is 5.13. The second-order valence-electron chi connectivity index (χ2n) is 3.86. The Morgan fingerprint density at radius 3 is 2.56 bits per heavy atom. The van der Waals surface area contributed by atoms with Crippen LogP contribution in [-0.4, -0.2) is 5.78 Å². The van der Waals surface area contributed by atoms with Crippen LogP contribution in [0.25, 0.3) is 6.08 Å². The summed E-state index contributed by atoms with van der Waals surface area (Å²) in [4.78, 5) is 11.5. The van der Waals surface area contributed by atoms with Gasteiger partial charge in [-0.25, -0.2) is 0 Å². The van der Waals surface area contributed by atoms with E-state index >= 15 is 0 Å². The van der Waals surface area contributed by atoms with E-state index in [4.69, 9.17) is 11.6 Å². The van der Waals surface area contributed by atoms with Crippen molar-refractivity contribution in [2.75, 3.05) is 0 Å². The molecule has 1 aliphatic carbocycles. The van der Waals surface area contributed by atoms with Crippen molar-refractivity contribution in [2.24, 2.45) is 0 Å². The van der Waals surface area contributed by atoms with Gasteiger partial charge >= 0.3 is 0 Å². The summed E-state index contributed by atoms with van der Waals surface area (Å²) < 4.78 is 0. The second-order valence-corrected chi connectivity index (χ2v) is 4.30. The van der Waals surface area contributed by atoms with Crippen LogP contribution in [0.1, 0.15) is 24.8 Å². The average molecular weight is 233 g/mol. The Kier molecular flexibility index (Phi) is 3.58. The minimum Gasteiger partial charge on any atom is -0.294 e. The summed E-state index contributed by atoms with van der Waals surface area (Å²) in [5, 5.41) is 0.727. The number of Topliss-reactive ketones (excluding diaryl/α,β-unsaturated/α-hetero) is 1. The third-order valence-electron chi connectivity index (χ3n) is 2.62. The predicted octanol–water partition coefficient (Wildman–Crippen LogP) is 4.03. The van der Waals surface area contributed by atoms with Gasteiger partial charge < -0.3 is 0 Å². The maximum absolute atomic E-state index is 11.5. The van der Waals surface area contributed by atoms with Gasteiger partial charge in [0, 0.05) is 17.0 Å². The summed E-state index contributed by atoms with van der Waals surface area (Å²) in [6.07, 6.45) is 8.52. The molecule has 1 aromatic rings. The Hall–Kier alpha value is -1.34. The summed E-state index contributed by atoms with van der Waals surface area (Å²) in [7, 11) is 0. The highest BCUT2D eigenvalue weighted by Crippen LogP contribution is 2.17. The minimum atomic E-state index is 0.247. The van der Waals surface area contributed by atoms with Crippen molar-refractivity contribution in [2.45, 2.75) is 19.3 Å². The van der Waals surface area contributed by atoms with Gasteiger partial charge in [0.05, 0.1) is 0 Å². The zero-order valence-electron chi connectivity index (χ0n) is 8.95. The Morgan fingerprint density at radius 2 is 1.88 bits per heavy atom. The van der Waals surface area contributed by atoms with Crippen LogP contribution in [0.3, 0.4) is 0 Å². The van der Waals surface area contributed by atoms with Gasteiger partial charge in [0.2, 0.25) is 0 Å². The molecule has 1 nitrogen and oxygen atoms in total. The molecule has 0 unspecified atom stereocenters. The fourth-order valence-electron chi connectivity index (χ4n) is 1.70. The van der Waals surface area contributed by atoms with Gasteiger partial charge in [-0.15, -0.1) is 0 Å². The molecular formula is C14H13ClO. The Labute approximate surface area is 100 Å². The third kappa shape index (κ3) is 2.83. The predicted molar refractivity (Wildman–Crippen MR) is 67.4 cm³/mol. The van der Waals surface area contributed by atoms with Crippen molar-refractivity contribution in [3.8, 4) is 0 Å². The van der Waals surface area contributed by atoms with Gasteiger partial charge in [-0.2, -0.15) is 0 Å². The van der Waals surface area contributed by atoms with E-state index in [2.05, 4.69) is 0 Å². The molecule has 0 saturated carbocycles. The van der Waals surface area contributed by atoms with Gasteiger partial charge in [0.15, 0.2) is 5.78 Å². The lowest BCUT2D eigenvalue weighted by Crippen LogP contribution is -2.04. The number of halogens is 1. The lowest BCUT2D eigenvalue weighted by atomic mass is 9.97. The zero-order chi connectivity index (χ0) is 11.4. The summed E-state index contributed by atoms with van der Waals surface area (Å²) in [5.41, 5.74) is 1.89. The smallest absolute Gasteiger partial charge is 0.162 e. The largest absolute Gasteiger partial charge is 0.294 e. The molecule has 16 heavy (non-hydrogen) atoms. The first-order chi connectivity index (χ1) is 7.75. The minimum absolute atomic E-state index is 0.247. The van der Waals surface area contributed by atoms with E-state index in [9.17, 15) is 4.79 Å². The van der Waals surface area contributed by atoms with Gasteiger partial charge in [0.25, 0.3) is 0 Å². The normalized spacial score (nSPS) is 16.6. The first kappa shape index (κ1) is 11.2. The summed E-state index contributed by atoms with van der Waals surface area (Å²) in [6, 6.07) is 7.57. The van der Waals surface area contributed by atoms with E-state index in [-0.39, 0.29) is 5.78 Å². The quantitative estimate of drug-likeness (QED) is 0.752. The van der Waals surface area contributed by atoms with Crippen molar-refractivity contribution in [1.29, 1.82) is 0 Å². The van der Waals surface area contributed by atoms with Crippen LogP contribution in [0, 0.1) is 0 Å². The highest BCUT2D eigenvalue weighted by atomic mass is 35.5. The topological polar surface area (TPSA) is 17.1 Å². The van der Waals surface area contributed by atoms with E-state index in [0.29, 0.717) is 6.42 Å². The van der Waals surface area contributed by atoms with E-state index in [0.717, 1.165) is 29.0 Å². The molecule has 0 atom stereocenters. The van der Waals surface area contributed by atoms with Crippen molar-refractivity contribution in [3.63, 3.8) is 0 Å². The molecule has 0 N–H and O–H groups in total. The highest BCUT2D eigenvalue weighted by Gasteiger charge is 2.09. The number of allylic oxidation sites excluding steroid dienone is 3. The molecule has 0 heterocycles. The molecule has 2 heteroatoms. The molecule has 0 radical (unpaired) electrons. The van der Waals surface area contributed by atoms with Crippen LogP contribution in [0.5, 0.6) is 0 Å². The van der Waals surface area contributed by atoms with Crippen LogP contribution < -0.4 is 0 Å². The highest BCUT2D eigenvalue weighted by molar-refractivity contribution is 6.30. The maximum atomic E-state index is 11.5. The number of rotatable bonds is 2. The molecule has 1 aliphatic rings. The number of hydrogen-bond acceptors (Lipinski definition) is 1. The van der Waals surface area contributed by atoms with Crippen molar-refractivity contribution in [3.05, 3.63) is 52.6 Å². The Morgan fingerprint density at radius 1 is 1.12 bits per heavy atom. The molecule has 0 aromatic heterocycles. The van der Waals surface area contributed by atoms with E-state index in [1.54, 1.807) is 0 Å². The van der Waals surface area contributed by atoms with Gasteiger partial charge in [0.1, 0.15) is 0 Å². The molecule has 0 fully saturated rings. The van der Waals surface area contributed by atoms with Crippen LogP contribution in [0.2, 0.25) is 5.02 Å². The molecule has 0 spiro atoms. The van der Waals surface area contributed by atoms with Crippen molar-refractivity contribution >= 4 is 23.5 Å².